The molecule has 23 heavy (non-hydrogen) atoms. The molecule has 1 aromatic heterocycles. The van der Waals surface area contributed by atoms with Crippen LogP contribution in [0.4, 0.5) is 0 Å². The van der Waals surface area contributed by atoms with E-state index in [0.29, 0.717) is 0 Å². The van der Waals surface area contributed by atoms with Crippen LogP contribution in [0.15, 0.2) is 20.9 Å². The second-order valence-electron chi connectivity index (χ2n) is 5.35. The van der Waals surface area contributed by atoms with Gasteiger partial charge in [0.25, 0.3) is 0 Å². The SMILES string of the molecule is CCNC(=NCCCOC1CCOC1)NCCc1ccc(Br)s1. The molecule has 0 amide bonds. The number of guanidine groups is 1. The van der Waals surface area contributed by atoms with Crippen LogP contribution in [0.2, 0.25) is 0 Å². The second-order valence-corrected chi connectivity index (χ2v) is 7.90. The molecule has 0 saturated carbocycles. The number of rotatable bonds is 9. The summed E-state index contributed by atoms with van der Waals surface area (Å²) in [7, 11) is 0. The van der Waals surface area contributed by atoms with Crippen LogP contribution in [0.1, 0.15) is 24.6 Å². The fourth-order valence-electron chi connectivity index (χ4n) is 2.28. The van der Waals surface area contributed by atoms with Gasteiger partial charge < -0.3 is 20.1 Å². The fourth-order valence-corrected chi connectivity index (χ4v) is 3.76. The third-order valence-electron chi connectivity index (χ3n) is 3.45. The van der Waals surface area contributed by atoms with Crippen LogP contribution >= 0.6 is 27.3 Å². The van der Waals surface area contributed by atoms with Gasteiger partial charge in [-0.05, 0) is 54.2 Å². The van der Waals surface area contributed by atoms with Crippen molar-refractivity contribution in [3.63, 3.8) is 0 Å². The highest BCUT2D eigenvalue weighted by Crippen LogP contribution is 2.21. The van der Waals surface area contributed by atoms with Gasteiger partial charge in [0, 0.05) is 37.7 Å². The lowest BCUT2D eigenvalue weighted by molar-refractivity contribution is 0.0424. The van der Waals surface area contributed by atoms with E-state index in [1.165, 1.54) is 8.66 Å². The van der Waals surface area contributed by atoms with Crippen molar-refractivity contribution < 1.29 is 9.47 Å². The highest BCUT2D eigenvalue weighted by atomic mass is 79.9. The summed E-state index contributed by atoms with van der Waals surface area (Å²) in [6, 6.07) is 4.25. The molecule has 1 aliphatic heterocycles. The average Bonchev–Trinajstić information content (AvgIpc) is 3.19. The Morgan fingerprint density at radius 3 is 3.09 bits per heavy atom. The van der Waals surface area contributed by atoms with Gasteiger partial charge in [0.05, 0.1) is 16.5 Å². The van der Waals surface area contributed by atoms with E-state index in [1.807, 2.05) is 0 Å². The zero-order valence-corrected chi connectivity index (χ0v) is 16.0. The maximum Gasteiger partial charge on any atom is 0.191 e. The first kappa shape index (κ1) is 18.7. The van der Waals surface area contributed by atoms with E-state index in [0.717, 1.165) is 64.7 Å². The van der Waals surface area contributed by atoms with Crippen LogP contribution in [0.3, 0.4) is 0 Å². The molecule has 1 aromatic rings. The second kappa shape index (κ2) is 11.0. The molecule has 2 heterocycles. The van der Waals surface area contributed by atoms with Crippen molar-refractivity contribution in [1.82, 2.24) is 10.6 Å². The van der Waals surface area contributed by atoms with Crippen LogP contribution in [0, 0.1) is 0 Å². The van der Waals surface area contributed by atoms with Crippen molar-refractivity contribution in [2.24, 2.45) is 4.99 Å². The minimum absolute atomic E-state index is 0.287. The van der Waals surface area contributed by atoms with Gasteiger partial charge in [-0.15, -0.1) is 11.3 Å². The van der Waals surface area contributed by atoms with E-state index in [2.05, 4.69) is 50.6 Å². The van der Waals surface area contributed by atoms with Gasteiger partial charge in [0.2, 0.25) is 0 Å². The maximum atomic E-state index is 5.75. The molecule has 2 N–H and O–H groups in total. The molecule has 1 aliphatic rings. The standard InChI is InChI=1S/C16H26BrN3O2S/c1-2-18-16(20-9-6-14-4-5-15(17)23-14)19-8-3-10-22-13-7-11-21-12-13/h4-5,13H,2-3,6-12H2,1H3,(H2,18,19,20). The Morgan fingerprint density at radius 1 is 1.48 bits per heavy atom. The van der Waals surface area contributed by atoms with Gasteiger partial charge in [-0.2, -0.15) is 0 Å². The third-order valence-corrected chi connectivity index (χ3v) is 5.13. The first-order valence-electron chi connectivity index (χ1n) is 8.23. The molecule has 0 aromatic carbocycles. The molecule has 0 aliphatic carbocycles. The van der Waals surface area contributed by atoms with E-state index >= 15 is 0 Å². The smallest absolute Gasteiger partial charge is 0.191 e. The van der Waals surface area contributed by atoms with Crippen LogP contribution in [0.5, 0.6) is 0 Å². The normalized spacial score (nSPS) is 18.3. The van der Waals surface area contributed by atoms with E-state index in [4.69, 9.17) is 9.47 Å². The third kappa shape index (κ3) is 7.65. The minimum atomic E-state index is 0.287. The molecule has 1 fully saturated rings. The van der Waals surface area contributed by atoms with Crippen LogP contribution in [-0.4, -0.2) is 51.5 Å². The Morgan fingerprint density at radius 2 is 2.39 bits per heavy atom. The number of aliphatic imine (C=N–C) groups is 1. The number of hydrogen-bond acceptors (Lipinski definition) is 4. The van der Waals surface area contributed by atoms with Crippen LogP contribution in [0.25, 0.3) is 0 Å². The number of nitrogens with zero attached hydrogens (tertiary/aromatic N) is 1. The largest absolute Gasteiger partial charge is 0.379 e. The first-order valence-corrected chi connectivity index (χ1v) is 9.84. The number of hydrogen-bond donors (Lipinski definition) is 2. The van der Waals surface area contributed by atoms with Crippen LogP contribution in [-0.2, 0) is 15.9 Å². The lowest BCUT2D eigenvalue weighted by atomic mass is 10.3. The van der Waals surface area contributed by atoms with Crippen LogP contribution < -0.4 is 10.6 Å². The summed E-state index contributed by atoms with van der Waals surface area (Å²) < 4.78 is 12.2. The van der Waals surface area contributed by atoms with Gasteiger partial charge in [-0.25, -0.2) is 0 Å². The quantitative estimate of drug-likeness (QED) is 0.378. The lowest BCUT2D eigenvalue weighted by Gasteiger charge is -2.11. The van der Waals surface area contributed by atoms with Crippen molar-refractivity contribution in [3.8, 4) is 0 Å². The Kier molecular flexibility index (Phi) is 8.96. The molecule has 1 unspecified atom stereocenters. The molecule has 7 heteroatoms. The van der Waals surface area contributed by atoms with Crippen molar-refractivity contribution in [2.75, 3.05) is 39.5 Å². The minimum Gasteiger partial charge on any atom is -0.379 e. The van der Waals surface area contributed by atoms with Crippen molar-refractivity contribution in [3.05, 3.63) is 20.8 Å². The zero-order valence-electron chi connectivity index (χ0n) is 13.6. The molecule has 1 saturated heterocycles. The number of ether oxygens (including phenoxy) is 2. The predicted octanol–water partition coefficient (Wildman–Crippen LogP) is 2.80. The lowest BCUT2D eigenvalue weighted by Crippen LogP contribution is -2.38. The first-order chi connectivity index (χ1) is 11.3. The average molecular weight is 404 g/mol. The Bertz CT molecular complexity index is 476. The van der Waals surface area contributed by atoms with Gasteiger partial charge >= 0.3 is 0 Å². The molecule has 0 bridgehead atoms. The summed E-state index contributed by atoms with van der Waals surface area (Å²) in [5, 5.41) is 6.66. The molecule has 2 rings (SSSR count). The van der Waals surface area contributed by atoms with E-state index in [1.54, 1.807) is 11.3 Å². The van der Waals surface area contributed by atoms with Crippen molar-refractivity contribution in [2.45, 2.75) is 32.3 Å². The highest BCUT2D eigenvalue weighted by molar-refractivity contribution is 9.11. The van der Waals surface area contributed by atoms with Gasteiger partial charge in [-0.1, -0.05) is 0 Å². The number of halogens is 1. The summed E-state index contributed by atoms with van der Waals surface area (Å²) >= 11 is 5.27. The molecule has 0 radical (unpaired) electrons. The van der Waals surface area contributed by atoms with Crippen molar-refractivity contribution >= 4 is 33.2 Å². The molecular weight excluding hydrogens is 378 g/mol. The molecule has 1 atom stereocenters. The number of thiophene rings is 1. The zero-order chi connectivity index (χ0) is 16.3. The van der Waals surface area contributed by atoms with E-state index < -0.39 is 0 Å². The topological polar surface area (TPSA) is 54.9 Å². The highest BCUT2D eigenvalue weighted by Gasteiger charge is 2.15. The molecular formula is C16H26BrN3O2S. The Labute approximate surface area is 151 Å². The molecule has 5 nitrogen and oxygen atoms in total. The van der Waals surface area contributed by atoms with Gasteiger partial charge in [-0.3, -0.25) is 4.99 Å². The monoisotopic (exact) mass is 403 g/mol. The van der Waals surface area contributed by atoms with Gasteiger partial charge in [0.1, 0.15) is 0 Å². The summed E-state index contributed by atoms with van der Waals surface area (Å²) in [5.41, 5.74) is 0. The molecule has 130 valence electrons. The van der Waals surface area contributed by atoms with E-state index in [-0.39, 0.29) is 6.10 Å². The summed E-state index contributed by atoms with van der Waals surface area (Å²) in [4.78, 5) is 5.96. The summed E-state index contributed by atoms with van der Waals surface area (Å²) in [6.45, 7) is 6.93. The summed E-state index contributed by atoms with van der Waals surface area (Å²) in [5.74, 6) is 0.882. The summed E-state index contributed by atoms with van der Waals surface area (Å²) in [6.07, 6.45) is 3.25. The molecule has 0 spiro atoms. The maximum absolute atomic E-state index is 5.75. The predicted molar refractivity (Wildman–Crippen MR) is 99.5 cm³/mol. The Balaban J connectivity index is 1.60. The van der Waals surface area contributed by atoms with Crippen molar-refractivity contribution in [1.29, 1.82) is 0 Å². The fraction of sp³-hybridized carbons (Fsp3) is 0.688. The number of nitrogens with one attached hydrogen (secondary N) is 2. The van der Waals surface area contributed by atoms with Gasteiger partial charge in [0.15, 0.2) is 5.96 Å². The van der Waals surface area contributed by atoms with E-state index in [9.17, 15) is 0 Å². The Hall–Kier alpha value is -0.630.